The van der Waals surface area contributed by atoms with E-state index in [1.54, 1.807) is 0 Å². The highest BCUT2D eigenvalue weighted by Crippen LogP contribution is 2.42. The summed E-state index contributed by atoms with van der Waals surface area (Å²) in [6.07, 6.45) is 2.47. The van der Waals surface area contributed by atoms with Gasteiger partial charge in [0.2, 0.25) is 0 Å². The van der Waals surface area contributed by atoms with Gasteiger partial charge in [-0.3, -0.25) is 0 Å². The first-order valence-corrected chi connectivity index (χ1v) is 6.96. The van der Waals surface area contributed by atoms with Crippen LogP contribution in [-0.2, 0) is 0 Å². The van der Waals surface area contributed by atoms with Gasteiger partial charge in [0.15, 0.2) is 0 Å². The highest BCUT2D eigenvalue weighted by atomic mass is 19.1. The number of nitrogens with one attached hydrogen (secondary N) is 1. The summed E-state index contributed by atoms with van der Waals surface area (Å²) >= 11 is 0. The van der Waals surface area contributed by atoms with Gasteiger partial charge >= 0.3 is 0 Å². The van der Waals surface area contributed by atoms with E-state index in [1.165, 1.54) is 31.0 Å². The van der Waals surface area contributed by atoms with Gasteiger partial charge in [-0.15, -0.1) is 0 Å². The first-order valence-electron chi connectivity index (χ1n) is 6.96. The lowest BCUT2D eigenvalue weighted by molar-refractivity contribution is 0.259. The third-order valence-corrected chi connectivity index (χ3v) is 4.53. The number of nitrogens with zero attached hydrogens (tertiary/aromatic N) is 1. The largest absolute Gasteiger partial charge is 0.363 e. The van der Waals surface area contributed by atoms with Crippen LogP contribution in [0.1, 0.15) is 26.7 Å². The first-order chi connectivity index (χ1) is 8.99. The minimum atomic E-state index is -0.379. The monoisotopic (exact) mass is 266 g/mol. The van der Waals surface area contributed by atoms with Crippen molar-refractivity contribution in [3.05, 3.63) is 29.8 Å². The summed E-state index contributed by atoms with van der Waals surface area (Å²) in [5.41, 5.74) is 0.409. The summed E-state index contributed by atoms with van der Waals surface area (Å²) in [6.45, 7) is 5.78. The Bertz CT molecular complexity index is 487. The van der Waals surface area contributed by atoms with Crippen molar-refractivity contribution in [2.45, 2.75) is 38.3 Å². The van der Waals surface area contributed by atoms with E-state index >= 15 is 0 Å². The molecule has 1 aromatic carbocycles. The van der Waals surface area contributed by atoms with Crippen molar-refractivity contribution >= 4 is 5.69 Å². The minimum Gasteiger partial charge on any atom is -0.363 e. The molecule has 2 unspecified atom stereocenters. The van der Waals surface area contributed by atoms with Gasteiger partial charge in [0.1, 0.15) is 11.6 Å². The maximum Gasteiger partial charge on any atom is 0.146 e. The van der Waals surface area contributed by atoms with E-state index in [1.807, 2.05) is 11.8 Å². The van der Waals surface area contributed by atoms with E-state index in [0.29, 0.717) is 11.6 Å². The number of piperazine rings is 1. The van der Waals surface area contributed by atoms with Gasteiger partial charge in [-0.2, -0.15) is 0 Å². The average Bonchev–Trinajstić information content (AvgIpc) is 3.20. The van der Waals surface area contributed by atoms with Crippen LogP contribution < -0.4 is 10.2 Å². The van der Waals surface area contributed by atoms with Crippen molar-refractivity contribution in [2.24, 2.45) is 5.92 Å². The molecule has 2 fully saturated rings. The zero-order valence-corrected chi connectivity index (χ0v) is 11.4. The Hall–Kier alpha value is -1.16. The summed E-state index contributed by atoms with van der Waals surface area (Å²) in [6, 6.07) is 3.87. The van der Waals surface area contributed by atoms with Crippen molar-refractivity contribution in [1.29, 1.82) is 0 Å². The SMILES string of the molecule is CC1CNC(C)(C2CC2)CN1c1cc(F)ccc1F. The second-order valence-corrected chi connectivity index (χ2v) is 6.15. The number of halogens is 2. The van der Waals surface area contributed by atoms with Gasteiger partial charge in [0.25, 0.3) is 0 Å². The van der Waals surface area contributed by atoms with Gasteiger partial charge in [-0.1, -0.05) is 0 Å². The molecular formula is C15H20F2N2. The van der Waals surface area contributed by atoms with E-state index in [4.69, 9.17) is 0 Å². The molecule has 0 spiro atoms. The Labute approximate surface area is 112 Å². The Morgan fingerprint density at radius 2 is 2.05 bits per heavy atom. The second kappa shape index (κ2) is 4.44. The van der Waals surface area contributed by atoms with Crippen LogP contribution in [0.4, 0.5) is 14.5 Å². The summed E-state index contributed by atoms with van der Waals surface area (Å²) in [5.74, 6) is -0.0531. The maximum absolute atomic E-state index is 14.0. The van der Waals surface area contributed by atoms with Crippen LogP contribution in [0.3, 0.4) is 0 Å². The molecule has 0 radical (unpaired) electrons. The fourth-order valence-electron chi connectivity index (χ4n) is 3.08. The van der Waals surface area contributed by atoms with Gasteiger partial charge < -0.3 is 10.2 Å². The highest BCUT2D eigenvalue weighted by molar-refractivity contribution is 5.50. The third kappa shape index (κ3) is 2.34. The van der Waals surface area contributed by atoms with Gasteiger partial charge in [-0.05, 0) is 44.7 Å². The van der Waals surface area contributed by atoms with Crippen LogP contribution in [0.2, 0.25) is 0 Å². The summed E-state index contributed by atoms with van der Waals surface area (Å²) < 4.78 is 27.4. The molecule has 1 saturated carbocycles. The molecule has 2 aliphatic rings. The Kier molecular flexibility index (Phi) is 3.01. The Morgan fingerprint density at radius 1 is 1.32 bits per heavy atom. The summed E-state index contributed by atoms with van der Waals surface area (Å²) in [5, 5.41) is 3.58. The first kappa shape index (κ1) is 12.9. The van der Waals surface area contributed by atoms with Crippen LogP contribution in [-0.4, -0.2) is 24.7 Å². The lowest BCUT2D eigenvalue weighted by atomic mass is 9.91. The maximum atomic E-state index is 14.0. The molecule has 0 amide bonds. The molecule has 2 atom stereocenters. The van der Waals surface area contributed by atoms with E-state index in [9.17, 15) is 8.78 Å². The second-order valence-electron chi connectivity index (χ2n) is 6.15. The number of benzene rings is 1. The number of hydrogen-bond acceptors (Lipinski definition) is 2. The third-order valence-electron chi connectivity index (χ3n) is 4.53. The highest BCUT2D eigenvalue weighted by Gasteiger charge is 2.45. The Balaban J connectivity index is 1.90. The quantitative estimate of drug-likeness (QED) is 0.885. The van der Waals surface area contributed by atoms with E-state index in [2.05, 4.69) is 12.2 Å². The lowest BCUT2D eigenvalue weighted by Gasteiger charge is -2.46. The van der Waals surface area contributed by atoms with E-state index in [0.717, 1.165) is 13.1 Å². The number of anilines is 1. The van der Waals surface area contributed by atoms with Crippen molar-refractivity contribution in [3.8, 4) is 0 Å². The lowest BCUT2D eigenvalue weighted by Crippen LogP contribution is -2.63. The minimum absolute atomic E-state index is 0.0191. The smallest absolute Gasteiger partial charge is 0.146 e. The van der Waals surface area contributed by atoms with Crippen LogP contribution in [0.15, 0.2) is 18.2 Å². The van der Waals surface area contributed by atoms with Crippen molar-refractivity contribution in [3.63, 3.8) is 0 Å². The van der Waals surface area contributed by atoms with E-state index < -0.39 is 0 Å². The Morgan fingerprint density at radius 3 is 2.74 bits per heavy atom. The van der Waals surface area contributed by atoms with Crippen LogP contribution in [0.5, 0.6) is 0 Å². The van der Waals surface area contributed by atoms with Crippen molar-refractivity contribution in [2.75, 3.05) is 18.0 Å². The molecule has 1 heterocycles. The molecule has 3 rings (SSSR count). The summed E-state index contributed by atoms with van der Waals surface area (Å²) in [4.78, 5) is 2.01. The van der Waals surface area contributed by atoms with Gasteiger partial charge in [0.05, 0.1) is 5.69 Å². The molecule has 1 saturated heterocycles. The van der Waals surface area contributed by atoms with Gasteiger partial charge in [-0.25, -0.2) is 8.78 Å². The molecule has 1 aliphatic heterocycles. The average molecular weight is 266 g/mol. The standard InChI is InChI=1S/C15H20F2N2/c1-10-8-18-15(2,11-3-4-11)9-19(10)14-7-12(16)5-6-13(14)17/h5-7,10-11,18H,3-4,8-9H2,1-2H3. The molecular weight excluding hydrogens is 246 g/mol. The zero-order valence-electron chi connectivity index (χ0n) is 11.4. The van der Waals surface area contributed by atoms with Crippen molar-refractivity contribution in [1.82, 2.24) is 5.32 Å². The summed E-state index contributed by atoms with van der Waals surface area (Å²) in [7, 11) is 0. The molecule has 19 heavy (non-hydrogen) atoms. The predicted octanol–water partition coefficient (Wildman–Crippen LogP) is 2.93. The number of rotatable bonds is 2. The van der Waals surface area contributed by atoms with Crippen LogP contribution in [0.25, 0.3) is 0 Å². The zero-order chi connectivity index (χ0) is 13.6. The van der Waals surface area contributed by atoms with Crippen molar-refractivity contribution < 1.29 is 8.78 Å². The predicted molar refractivity (Wildman–Crippen MR) is 72.3 cm³/mol. The molecule has 1 N–H and O–H groups in total. The number of hydrogen-bond donors (Lipinski definition) is 1. The van der Waals surface area contributed by atoms with Crippen LogP contribution >= 0.6 is 0 Å². The normalized spacial score (nSPS) is 31.6. The fourth-order valence-corrected chi connectivity index (χ4v) is 3.08. The molecule has 0 aromatic heterocycles. The van der Waals surface area contributed by atoms with Gasteiger partial charge in [0, 0.05) is 30.7 Å². The molecule has 2 nitrogen and oxygen atoms in total. The van der Waals surface area contributed by atoms with E-state index in [-0.39, 0.29) is 23.2 Å². The van der Waals surface area contributed by atoms with Crippen LogP contribution in [0, 0.1) is 17.6 Å². The molecule has 104 valence electrons. The topological polar surface area (TPSA) is 15.3 Å². The fraction of sp³-hybridized carbons (Fsp3) is 0.600. The molecule has 1 aromatic rings. The molecule has 1 aliphatic carbocycles. The molecule has 0 bridgehead atoms. The molecule has 4 heteroatoms.